The van der Waals surface area contributed by atoms with E-state index >= 15 is 0 Å². The van der Waals surface area contributed by atoms with Crippen molar-refractivity contribution in [2.45, 2.75) is 12.1 Å². The summed E-state index contributed by atoms with van der Waals surface area (Å²) in [4.78, 5) is 16.1. The summed E-state index contributed by atoms with van der Waals surface area (Å²) in [5.74, 6) is 0.389. The SMILES string of the molecule is CN=C1NC(=O)C2(COCc3ccccc32)N1. The molecule has 1 unspecified atom stereocenters. The van der Waals surface area contributed by atoms with Crippen LogP contribution in [0.5, 0.6) is 0 Å². The molecule has 2 heterocycles. The quantitative estimate of drug-likeness (QED) is 0.666. The number of hydrogen-bond acceptors (Lipinski definition) is 3. The molecule has 88 valence electrons. The van der Waals surface area contributed by atoms with Crippen LogP contribution in [0.2, 0.25) is 0 Å². The van der Waals surface area contributed by atoms with Gasteiger partial charge in [0.25, 0.3) is 5.91 Å². The monoisotopic (exact) mass is 231 g/mol. The molecule has 17 heavy (non-hydrogen) atoms. The van der Waals surface area contributed by atoms with Crippen LogP contribution in [0, 0.1) is 0 Å². The van der Waals surface area contributed by atoms with E-state index in [1.165, 1.54) is 0 Å². The Bertz CT molecular complexity index is 512. The summed E-state index contributed by atoms with van der Waals surface area (Å²) in [5, 5.41) is 5.85. The molecular weight excluding hydrogens is 218 g/mol. The van der Waals surface area contributed by atoms with Crippen LogP contribution in [0.3, 0.4) is 0 Å². The zero-order chi connectivity index (χ0) is 11.9. The second kappa shape index (κ2) is 3.56. The van der Waals surface area contributed by atoms with Crippen LogP contribution in [0.15, 0.2) is 29.3 Å². The van der Waals surface area contributed by atoms with E-state index in [0.717, 1.165) is 11.1 Å². The van der Waals surface area contributed by atoms with Crippen LogP contribution >= 0.6 is 0 Å². The molecule has 3 rings (SSSR count). The number of nitrogens with one attached hydrogen (secondary N) is 2. The van der Waals surface area contributed by atoms with Crippen molar-refractivity contribution >= 4 is 11.9 Å². The number of aliphatic imine (C=N–C) groups is 1. The first kappa shape index (κ1) is 10.3. The van der Waals surface area contributed by atoms with E-state index in [4.69, 9.17) is 4.74 Å². The molecule has 1 spiro atoms. The van der Waals surface area contributed by atoms with Crippen LogP contribution in [0.25, 0.3) is 0 Å². The van der Waals surface area contributed by atoms with Crippen LogP contribution in [0.4, 0.5) is 0 Å². The highest BCUT2D eigenvalue weighted by Gasteiger charge is 2.49. The Kier molecular flexibility index (Phi) is 2.16. The van der Waals surface area contributed by atoms with Gasteiger partial charge in [0.05, 0.1) is 13.2 Å². The van der Waals surface area contributed by atoms with Gasteiger partial charge in [0.15, 0.2) is 11.5 Å². The number of guanidine groups is 1. The van der Waals surface area contributed by atoms with Gasteiger partial charge in [-0.15, -0.1) is 0 Å². The van der Waals surface area contributed by atoms with Crippen molar-refractivity contribution in [2.24, 2.45) is 4.99 Å². The number of ether oxygens (including phenoxy) is 1. The highest BCUT2D eigenvalue weighted by Crippen LogP contribution is 2.32. The average molecular weight is 231 g/mol. The molecule has 0 saturated carbocycles. The van der Waals surface area contributed by atoms with Gasteiger partial charge in [-0.3, -0.25) is 15.1 Å². The van der Waals surface area contributed by atoms with E-state index in [1.54, 1.807) is 7.05 Å². The van der Waals surface area contributed by atoms with Crippen molar-refractivity contribution < 1.29 is 9.53 Å². The van der Waals surface area contributed by atoms with Crippen LogP contribution < -0.4 is 10.6 Å². The molecule has 1 atom stereocenters. The first-order chi connectivity index (χ1) is 8.26. The molecule has 0 aliphatic carbocycles. The molecule has 1 amide bonds. The molecule has 1 aromatic rings. The van der Waals surface area contributed by atoms with Gasteiger partial charge < -0.3 is 10.1 Å². The maximum atomic E-state index is 12.1. The van der Waals surface area contributed by atoms with Gasteiger partial charge >= 0.3 is 0 Å². The second-order valence-corrected chi connectivity index (χ2v) is 4.21. The van der Waals surface area contributed by atoms with Crippen molar-refractivity contribution in [1.82, 2.24) is 10.6 Å². The summed E-state index contributed by atoms with van der Waals surface area (Å²) < 4.78 is 5.52. The molecule has 5 heteroatoms. The van der Waals surface area contributed by atoms with E-state index in [1.807, 2.05) is 24.3 Å². The first-order valence-electron chi connectivity index (χ1n) is 5.49. The Morgan fingerprint density at radius 2 is 2.24 bits per heavy atom. The zero-order valence-corrected chi connectivity index (χ0v) is 9.49. The summed E-state index contributed by atoms with van der Waals surface area (Å²) in [7, 11) is 1.64. The Morgan fingerprint density at radius 3 is 3.00 bits per heavy atom. The number of carbonyl (C=O) groups is 1. The third-order valence-electron chi connectivity index (χ3n) is 3.23. The fourth-order valence-corrected chi connectivity index (χ4v) is 2.36. The third kappa shape index (κ3) is 1.36. The number of amides is 1. The smallest absolute Gasteiger partial charge is 0.259 e. The molecule has 0 radical (unpaired) electrons. The minimum Gasteiger partial charge on any atom is -0.373 e. The number of hydrogen-bond donors (Lipinski definition) is 2. The summed E-state index contributed by atoms with van der Waals surface area (Å²) in [6.45, 7) is 0.875. The van der Waals surface area contributed by atoms with E-state index in [9.17, 15) is 4.79 Å². The van der Waals surface area contributed by atoms with Crippen molar-refractivity contribution in [3.63, 3.8) is 0 Å². The summed E-state index contributed by atoms with van der Waals surface area (Å²) in [6, 6.07) is 7.82. The van der Waals surface area contributed by atoms with Crippen molar-refractivity contribution in [3.8, 4) is 0 Å². The van der Waals surface area contributed by atoms with Crippen molar-refractivity contribution in [1.29, 1.82) is 0 Å². The summed E-state index contributed by atoms with van der Waals surface area (Å²) >= 11 is 0. The fraction of sp³-hybridized carbons (Fsp3) is 0.333. The van der Waals surface area contributed by atoms with E-state index in [2.05, 4.69) is 15.6 Å². The molecular formula is C12H13N3O2. The van der Waals surface area contributed by atoms with Gasteiger partial charge in [-0.2, -0.15) is 0 Å². The topological polar surface area (TPSA) is 62.7 Å². The minimum atomic E-state index is -0.816. The van der Waals surface area contributed by atoms with Gasteiger partial charge in [-0.05, 0) is 11.1 Å². The summed E-state index contributed by atoms with van der Waals surface area (Å²) in [5.41, 5.74) is 1.20. The van der Waals surface area contributed by atoms with Crippen LogP contribution in [-0.2, 0) is 21.7 Å². The second-order valence-electron chi connectivity index (χ2n) is 4.21. The Labute approximate surface area is 98.9 Å². The highest BCUT2D eigenvalue weighted by atomic mass is 16.5. The van der Waals surface area contributed by atoms with E-state index in [0.29, 0.717) is 19.2 Å². The molecule has 1 aromatic carbocycles. The van der Waals surface area contributed by atoms with Crippen molar-refractivity contribution in [3.05, 3.63) is 35.4 Å². The number of fused-ring (bicyclic) bond motifs is 2. The first-order valence-corrected chi connectivity index (χ1v) is 5.49. The van der Waals surface area contributed by atoms with Crippen molar-refractivity contribution in [2.75, 3.05) is 13.7 Å². The predicted molar refractivity (Wildman–Crippen MR) is 62.4 cm³/mol. The Morgan fingerprint density at radius 1 is 1.41 bits per heavy atom. The van der Waals surface area contributed by atoms with Crippen LogP contribution in [-0.4, -0.2) is 25.5 Å². The Balaban J connectivity index is 2.14. The average Bonchev–Trinajstić information content (AvgIpc) is 2.68. The largest absolute Gasteiger partial charge is 0.373 e. The molecule has 1 fully saturated rings. The molecule has 2 N–H and O–H groups in total. The van der Waals surface area contributed by atoms with Gasteiger partial charge in [0.2, 0.25) is 0 Å². The number of carbonyl (C=O) groups excluding carboxylic acids is 1. The standard InChI is InChI=1S/C12H13N3O2/c1-13-11-14-10(16)12(15-11)7-17-6-8-4-2-3-5-9(8)12/h2-5H,6-7H2,1H3,(H2,13,14,15,16). The molecule has 2 aliphatic rings. The number of nitrogens with zero attached hydrogens (tertiary/aromatic N) is 1. The lowest BCUT2D eigenvalue weighted by atomic mass is 9.85. The lowest BCUT2D eigenvalue weighted by Gasteiger charge is -2.32. The fourth-order valence-electron chi connectivity index (χ4n) is 2.36. The lowest BCUT2D eigenvalue weighted by molar-refractivity contribution is -0.127. The normalized spacial score (nSPS) is 29.0. The minimum absolute atomic E-state index is 0.106. The third-order valence-corrected chi connectivity index (χ3v) is 3.23. The molecule has 1 saturated heterocycles. The summed E-state index contributed by atoms with van der Waals surface area (Å²) in [6.07, 6.45) is 0. The molecule has 0 aromatic heterocycles. The number of benzene rings is 1. The van der Waals surface area contributed by atoms with E-state index < -0.39 is 5.54 Å². The van der Waals surface area contributed by atoms with Gasteiger partial charge in [-0.25, -0.2) is 0 Å². The van der Waals surface area contributed by atoms with Gasteiger partial charge in [0.1, 0.15) is 0 Å². The Hall–Kier alpha value is -1.88. The maximum absolute atomic E-state index is 12.1. The zero-order valence-electron chi connectivity index (χ0n) is 9.49. The maximum Gasteiger partial charge on any atom is 0.259 e. The van der Waals surface area contributed by atoms with Gasteiger partial charge in [0, 0.05) is 7.05 Å². The highest BCUT2D eigenvalue weighted by molar-refractivity contribution is 6.09. The number of rotatable bonds is 0. The molecule has 0 bridgehead atoms. The van der Waals surface area contributed by atoms with Gasteiger partial charge in [-0.1, -0.05) is 24.3 Å². The lowest BCUT2D eigenvalue weighted by Crippen LogP contribution is -2.50. The van der Waals surface area contributed by atoms with Crippen LogP contribution in [0.1, 0.15) is 11.1 Å². The molecule has 2 aliphatic heterocycles. The molecule has 5 nitrogen and oxygen atoms in total. The van der Waals surface area contributed by atoms with E-state index in [-0.39, 0.29) is 5.91 Å². The predicted octanol–water partition coefficient (Wildman–Crippen LogP) is 0.117.